The number of aliphatic carboxylic acids is 1. The first kappa shape index (κ1) is 24.0. The fraction of sp³-hybridized carbons (Fsp3) is 0.625. The second-order valence-corrected chi connectivity index (χ2v) is 9.05. The third kappa shape index (κ3) is 5.48. The van der Waals surface area contributed by atoms with Gasteiger partial charge in [0.15, 0.2) is 0 Å². The standard InChI is InChI=1S/C24H33N5O5/c1-3-18-21(34-17-9-7-8-16(14-17)23(30)31)11-10-19(25-18)22-20(28(2)27-26-22)15-33-24(32)29-12-5-4-6-13-29/h10-11,16-17H,3-9,12-15H2,1-2H3,(H,30,31)/t16-,17-/m0/s1. The Morgan fingerprint density at radius 2 is 1.94 bits per heavy atom. The number of nitrogens with zero attached hydrogens (tertiary/aromatic N) is 5. The van der Waals surface area contributed by atoms with Gasteiger partial charge in [0.25, 0.3) is 0 Å². The monoisotopic (exact) mass is 471 g/mol. The summed E-state index contributed by atoms with van der Waals surface area (Å²) in [5.41, 5.74) is 2.65. The zero-order chi connectivity index (χ0) is 24.1. The molecule has 2 aliphatic rings. The normalized spacial score (nSPS) is 20.7. The second-order valence-electron chi connectivity index (χ2n) is 9.05. The van der Waals surface area contributed by atoms with Crippen molar-refractivity contribution in [2.75, 3.05) is 13.1 Å². The van der Waals surface area contributed by atoms with E-state index in [4.69, 9.17) is 14.5 Å². The second kappa shape index (κ2) is 10.8. The van der Waals surface area contributed by atoms with E-state index < -0.39 is 5.97 Å². The number of carboxylic acids is 1. The van der Waals surface area contributed by atoms with Gasteiger partial charge in [-0.05, 0) is 63.5 Å². The van der Waals surface area contributed by atoms with Crippen LogP contribution >= 0.6 is 0 Å². The van der Waals surface area contributed by atoms with Crippen molar-refractivity contribution in [1.29, 1.82) is 0 Å². The largest absolute Gasteiger partial charge is 0.488 e. The Bertz CT molecular complexity index is 1020. The van der Waals surface area contributed by atoms with E-state index in [1.165, 1.54) is 0 Å². The topological polar surface area (TPSA) is 120 Å². The highest BCUT2D eigenvalue weighted by molar-refractivity contribution is 5.70. The molecule has 4 rings (SSSR count). The number of rotatable bonds is 7. The Hall–Kier alpha value is -3.17. The zero-order valence-electron chi connectivity index (χ0n) is 19.9. The van der Waals surface area contributed by atoms with Crippen LogP contribution in [0.2, 0.25) is 0 Å². The van der Waals surface area contributed by atoms with E-state index >= 15 is 0 Å². The van der Waals surface area contributed by atoms with Gasteiger partial charge in [0.05, 0.1) is 23.4 Å². The van der Waals surface area contributed by atoms with E-state index in [1.54, 1.807) is 16.6 Å². The quantitative estimate of drug-likeness (QED) is 0.651. The Morgan fingerprint density at radius 3 is 2.68 bits per heavy atom. The van der Waals surface area contributed by atoms with Crippen molar-refractivity contribution in [1.82, 2.24) is 24.9 Å². The van der Waals surface area contributed by atoms with Gasteiger partial charge in [-0.15, -0.1) is 5.10 Å². The van der Waals surface area contributed by atoms with Crippen LogP contribution in [0.1, 0.15) is 63.3 Å². The highest BCUT2D eigenvalue weighted by atomic mass is 16.6. The van der Waals surface area contributed by atoms with Crippen LogP contribution in [-0.4, -0.2) is 61.2 Å². The molecule has 2 aromatic rings. The van der Waals surface area contributed by atoms with Gasteiger partial charge < -0.3 is 19.5 Å². The summed E-state index contributed by atoms with van der Waals surface area (Å²) in [4.78, 5) is 30.3. The number of pyridine rings is 1. The minimum atomic E-state index is -0.756. The maximum Gasteiger partial charge on any atom is 0.410 e. The highest BCUT2D eigenvalue weighted by Crippen LogP contribution is 2.31. The van der Waals surface area contributed by atoms with Crippen LogP contribution in [0.5, 0.6) is 5.75 Å². The summed E-state index contributed by atoms with van der Waals surface area (Å²) < 4.78 is 13.4. The summed E-state index contributed by atoms with van der Waals surface area (Å²) in [6, 6.07) is 3.69. The molecule has 1 saturated carbocycles. The number of hydrogen-bond acceptors (Lipinski definition) is 7. The molecule has 184 valence electrons. The summed E-state index contributed by atoms with van der Waals surface area (Å²) in [7, 11) is 1.76. The Labute approximate surface area is 199 Å². The molecule has 0 unspecified atom stereocenters. The number of carboxylic acid groups (broad SMARTS) is 1. The number of hydrogen-bond donors (Lipinski definition) is 1. The molecule has 3 heterocycles. The van der Waals surface area contributed by atoms with Gasteiger partial charge in [-0.25, -0.2) is 14.5 Å². The lowest BCUT2D eigenvalue weighted by molar-refractivity contribution is -0.143. The Kier molecular flexibility index (Phi) is 7.64. The van der Waals surface area contributed by atoms with Gasteiger partial charge >= 0.3 is 12.1 Å². The fourth-order valence-electron chi connectivity index (χ4n) is 4.67. The molecule has 0 bridgehead atoms. The summed E-state index contributed by atoms with van der Waals surface area (Å²) in [6.07, 6.45) is 6.25. The number of piperidine rings is 1. The third-order valence-corrected chi connectivity index (χ3v) is 6.67. The van der Waals surface area contributed by atoms with Crippen molar-refractivity contribution in [3.8, 4) is 17.1 Å². The molecule has 10 heteroatoms. The molecule has 2 aromatic heterocycles. The van der Waals surface area contributed by atoms with Crippen LogP contribution in [0.4, 0.5) is 4.79 Å². The van der Waals surface area contributed by atoms with Crippen LogP contribution in [0.25, 0.3) is 11.4 Å². The number of aromatic nitrogens is 4. The zero-order valence-corrected chi connectivity index (χ0v) is 19.9. The first-order chi connectivity index (χ1) is 16.5. The number of aryl methyl sites for hydroxylation is 2. The Morgan fingerprint density at radius 1 is 1.15 bits per heavy atom. The van der Waals surface area contributed by atoms with Gasteiger partial charge in [-0.1, -0.05) is 12.1 Å². The third-order valence-electron chi connectivity index (χ3n) is 6.67. The van der Waals surface area contributed by atoms with Gasteiger partial charge in [0, 0.05) is 20.1 Å². The molecule has 10 nitrogen and oxygen atoms in total. The molecule has 2 atom stereocenters. The summed E-state index contributed by atoms with van der Waals surface area (Å²) in [5, 5.41) is 17.7. The molecule has 0 radical (unpaired) electrons. The molecule has 1 aliphatic heterocycles. The lowest BCUT2D eigenvalue weighted by Crippen LogP contribution is -2.36. The van der Waals surface area contributed by atoms with Crippen molar-refractivity contribution in [2.24, 2.45) is 13.0 Å². The average molecular weight is 472 g/mol. The van der Waals surface area contributed by atoms with Crippen molar-refractivity contribution < 1.29 is 24.2 Å². The molecule has 2 fully saturated rings. The SMILES string of the molecule is CCc1nc(-c2nnn(C)c2COC(=O)N2CCCCC2)ccc1O[C@H]1CCC[C@H](C(=O)O)C1. The molecule has 1 N–H and O–H groups in total. The van der Waals surface area contributed by atoms with Crippen molar-refractivity contribution in [3.63, 3.8) is 0 Å². The fourth-order valence-corrected chi connectivity index (χ4v) is 4.67. The van der Waals surface area contributed by atoms with Crippen LogP contribution in [-0.2, 0) is 29.6 Å². The predicted molar refractivity (Wildman–Crippen MR) is 123 cm³/mol. The molecular weight excluding hydrogens is 438 g/mol. The lowest BCUT2D eigenvalue weighted by atomic mass is 9.87. The van der Waals surface area contributed by atoms with E-state index in [1.807, 2.05) is 19.1 Å². The Balaban J connectivity index is 1.47. The summed E-state index contributed by atoms with van der Waals surface area (Å²) in [6.45, 7) is 3.52. The molecule has 0 aromatic carbocycles. The highest BCUT2D eigenvalue weighted by Gasteiger charge is 2.29. The predicted octanol–water partition coefficient (Wildman–Crippen LogP) is 3.58. The van der Waals surface area contributed by atoms with E-state index in [0.29, 0.717) is 42.1 Å². The average Bonchev–Trinajstić information content (AvgIpc) is 3.23. The maximum atomic E-state index is 12.4. The molecular formula is C24H33N5O5. The van der Waals surface area contributed by atoms with E-state index in [2.05, 4.69) is 10.3 Å². The number of carbonyl (C=O) groups is 2. The van der Waals surface area contributed by atoms with Crippen LogP contribution in [0, 0.1) is 5.92 Å². The van der Waals surface area contributed by atoms with Crippen LogP contribution < -0.4 is 4.74 Å². The molecule has 1 saturated heterocycles. The summed E-state index contributed by atoms with van der Waals surface area (Å²) in [5.74, 6) is -0.441. The first-order valence-electron chi connectivity index (χ1n) is 12.2. The van der Waals surface area contributed by atoms with Gasteiger partial charge in [-0.3, -0.25) is 4.79 Å². The van der Waals surface area contributed by atoms with Gasteiger partial charge in [0.1, 0.15) is 23.7 Å². The van der Waals surface area contributed by atoms with E-state index in [0.717, 1.165) is 50.9 Å². The smallest absolute Gasteiger partial charge is 0.410 e. The van der Waals surface area contributed by atoms with Gasteiger partial charge in [-0.2, -0.15) is 0 Å². The number of likely N-dealkylation sites (tertiary alicyclic amines) is 1. The first-order valence-corrected chi connectivity index (χ1v) is 12.2. The molecule has 1 amide bonds. The van der Waals surface area contributed by atoms with Crippen molar-refractivity contribution in [3.05, 3.63) is 23.5 Å². The van der Waals surface area contributed by atoms with Gasteiger partial charge in [0.2, 0.25) is 0 Å². The number of carbonyl (C=O) groups excluding carboxylic acids is 1. The molecule has 34 heavy (non-hydrogen) atoms. The van der Waals surface area contributed by atoms with E-state index in [9.17, 15) is 14.7 Å². The molecule has 1 aliphatic carbocycles. The maximum absolute atomic E-state index is 12.4. The minimum absolute atomic E-state index is 0.0637. The number of ether oxygens (including phenoxy) is 2. The summed E-state index contributed by atoms with van der Waals surface area (Å²) >= 11 is 0. The van der Waals surface area contributed by atoms with E-state index in [-0.39, 0.29) is 24.7 Å². The minimum Gasteiger partial charge on any atom is -0.488 e. The van der Waals surface area contributed by atoms with Crippen LogP contribution in [0.3, 0.4) is 0 Å². The number of amides is 1. The van der Waals surface area contributed by atoms with Crippen molar-refractivity contribution in [2.45, 2.75) is 71.0 Å². The molecule has 0 spiro atoms. The lowest BCUT2D eigenvalue weighted by Gasteiger charge is -2.28. The van der Waals surface area contributed by atoms with Crippen molar-refractivity contribution >= 4 is 12.1 Å². The van der Waals surface area contributed by atoms with Crippen LogP contribution in [0.15, 0.2) is 12.1 Å².